The maximum atomic E-state index is 13.9. The van der Waals surface area contributed by atoms with Gasteiger partial charge in [-0.2, -0.15) is 17.6 Å². The van der Waals surface area contributed by atoms with Crippen LogP contribution < -0.4 is 5.32 Å². The van der Waals surface area contributed by atoms with Gasteiger partial charge in [0.25, 0.3) is 10.0 Å². The van der Waals surface area contributed by atoms with Crippen LogP contribution in [-0.4, -0.2) is 55.9 Å². The molecule has 0 spiro atoms. The molecule has 0 aliphatic heterocycles. The molecule has 2 atom stereocenters. The van der Waals surface area contributed by atoms with Crippen LogP contribution in [0.25, 0.3) is 0 Å². The zero-order valence-electron chi connectivity index (χ0n) is 24.4. The number of carbonyl (C=O) groups excluding carboxylic acids is 2. The molecule has 0 aromatic heterocycles. The van der Waals surface area contributed by atoms with E-state index in [4.69, 9.17) is 9.47 Å². The van der Waals surface area contributed by atoms with Crippen LogP contribution in [0.2, 0.25) is 0 Å². The molecule has 0 saturated heterocycles. The highest BCUT2D eigenvalue weighted by Crippen LogP contribution is 2.39. The summed E-state index contributed by atoms with van der Waals surface area (Å²) in [7, 11) is -4.34. The molecule has 0 heterocycles. The smallest absolute Gasteiger partial charge is 0.408 e. The van der Waals surface area contributed by atoms with Crippen molar-refractivity contribution < 1.29 is 40.7 Å². The van der Waals surface area contributed by atoms with Crippen molar-refractivity contribution in [3.8, 4) is 0 Å². The number of ether oxygens (including phenoxy) is 2. The normalized spacial score (nSPS) is 14.3. The first-order valence-electron chi connectivity index (χ1n) is 13.1. The van der Waals surface area contributed by atoms with E-state index >= 15 is 0 Å². The molecule has 232 valence electrons. The fourth-order valence-corrected chi connectivity index (χ4v) is 5.32. The number of carbonyl (C=O) groups is 2. The average Bonchev–Trinajstić information content (AvgIpc) is 2.82. The number of esters is 1. The lowest BCUT2D eigenvalue weighted by atomic mass is 9.96. The SMILES string of the molecule is CC(C)(C)OC(=O)N[C@@H](CC=NS(=O)(=O)CCC(c1ccc(Sc2ccccc2)cc1)C(F)(F)F)C(=O)OC(C)(C)C. The van der Waals surface area contributed by atoms with Gasteiger partial charge in [-0.15, -0.1) is 0 Å². The fraction of sp³-hybridized carbons (Fsp3) is 0.483. The van der Waals surface area contributed by atoms with Crippen LogP contribution in [-0.2, 0) is 24.3 Å². The standard InChI is InChI=1S/C29H37F3N2O6S2/c1-27(2,3)39-25(35)24(34-26(36)40-28(4,5)6)16-18-33-42(37,38)19-17-23(29(30,31)32)20-12-14-22(15-13-20)41-21-10-8-7-9-11-21/h7-15,18,23-24H,16-17,19H2,1-6H3,(H,34,36)/t23?,24-/m0/s1. The maximum Gasteiger partial charge on any atom is 0.408 e. The molecule has 1 amide bonds. The Balaban J connectivity index is 2.10. The molecular weight excluding hydrogens is 593 g/mol. The number of alkyl halides is 3. The molecule has 8 nitrogen and oxygen atoms in total. The summed E-state index contributed by atoms with van der Waals surface area (Å²) in [6.45, 7) is 9.70. The molecule has 0 aliphatic rings. The molecular formula is C29H37F3N2O6S2. The van der Waals surface area contributed by atoms with Crippen LogP contribution in [0.1, 0.15) is 65.9 Å². The van der Waals surface area contributed by atoms with Crippen molar-refractivity contribution in [3.63, 3.8) is 0 Å². The summed E-state index contributed by atoms with van der Waals surface area (Å²) in [5.74, 6) is -3.77. The Morgan fingerprint density at radius 1 is 0.905 bits per heavy atom. The minimum absolute atomic E-state index is 0.0642. The van der Waals surface area contributed by atoms with E-state index in [1.165, 1.54) is 23.9 Å². The van der Waals surface area contributed by atoms with Gasteiger partial charge in [0.1, 0.15) is 17.2 Å². The number of rotatable bonds is 11. The molecule has 1 unspecified atom stereocenters. The third-order valence-electron chi connectivity index (χ3n) is 5.28. The largest absolute Gasteiger partial charge is 0.458 e. The van der Waals surface area contributed by atoms with Crippen molar-refractivity contribution in [2.75, 3.05) is 5.75 Å². The van der Waals surface area contributed by atoms with E-state index in [2.05, 4.69) is 9.71 Å². The maximum absolute atomic E-state index is 13.9. The molecule has 2 rings (SSSR count). The summed E-state index contributed by atoms with van der Waals surface area (Å²) in [4.78, 5) is 26.5. The monoisotopic (exact) mass is 630 g/mol. The lowest BCUT2D eigenvalue weighted by molar-refractivity contribution is -0.157. The average molecular weight is 631 g/mol. The van der Waals surface area contributed by atoms with Crippen molar-refractivity contribution in [1.29, 1.82) is 0 Å². The van der Waals surface area contributed by atoms with Crippen LogP contribution in [0.15, 0.2) is 68.8 Å². The molecule has 13 heteroatoms. The number of nitrogens with zero attached hydrogens (tertiary/aromatic N) is 1. The number of nitrogens with one attached hydrogen (secondary N) is 1. The Labute approximate surface area is 249 Å². The highest BCUT2D eigenvalue weighted by atomic mass is 32.2. The van der Waals surface area contributed by atoms with Gasteiger partial charge in [0.2, 0.25) is 0 Å². The Bertz CT molecular complexity index is 1320. The van der Waals surface area contributed by atoms with E-state index in [1.807, 2.05) is 30.3 Å². The molecule has 0 saturated carbocycles. The second-order valence-electron chi connectivity index (χ2n) is 11.4. The van der Waals surface area contributed by atoms with Crippen LogP contribution in [0.5, 0.6) is 0 Å². The van der Waals surface area contributed by atoms with Gasteiger partial charge in [0.05, 0.1) is 11.7 Å². The molecule has 2 aromatic carbocycles. The number of amides is 1. The van der Waals surface area contributed by atoms with E-state index in [0.29, 0.717) is 0 Å². The first-order valence-corrected chi connectivity index (χ1v) is 15.5. The van der Waals surface area contributed by atoms with Crippen LogP contribution >= 0.6 is 11.8 Å². The Kier molecular flexibility index (Phi) is 12.1. The Morgan fingerprint density at radius 2 is 1.45 bits per heavy atom. The minimum Gasteiger partial charge on any atom is -0.458 e. The number of hydrogen-bond donors (Lipinski definition) is 1. The highest BCUT2D eigenvalue weighted by Gasteiger charge is 2.41. The van der Waals surface area contributed by atoms with Gasteiger partial charge in [-0.25, -0.2) is 18.0 Å². The molecule has 42 heavy (non-hydrogen) atoms. The van der Waals surface area contributed by atoms with Gasteiger partial charge < -0.3 is 14.8 Å². The van der Waals surface area contributed by atoms with E-state index in [9.17, 15) is 31.2 Å². The zero-order chi connectivity index (χ0) is 31.8. The summed E-state index contributed by atoms with van der Waals surface area (Å²) >= 11 is 1.39. The minimum atomic E-state index is -4.69. The summed E-state index contributed by atoms with van der Waals surface area (Å²) in [6.07, 6.45) is -5.90. The van der Waals surface area contributed by atoms with Crippen molar-refractivity contribution in [2.24, 2.45) is 4.40 Å². The number of benzene rings is 2. The Morgan fingerprint density at radius 3 is 1.98 bits per heavy atom. The molecule has 0 bridgehead atoms. The van der Waals surface area contributed by atoms with Crippen LogP contribution in [0, 0.1) is 0 Å². The van der Waals surface area contributed by atoms with E-state index < -0.39 is 70.0 Å². The second-order valence-corrected chi connectivity index (χ2v) is 14.3. The summed E-state index contributed by atoms with van der Waals surface area (Å²) in [5.41, 5.74) is -1.83. The van der Waals surface area contributed by atoms with Crippen molar-refractivity contribution >= 4 is 40.1 Å². The first-order chi connectivity index (χ1) is 19.2. The van der Waals surface area contributed by atoms with Crippen LogP contribution in [0.3, 0.4) is 0 Å². The topological polar surface area (TPSA) is 111 Å². The van der Waals surface area contributed by atoms with Crippen molar-refractivity contribution in [2.45, 2.75) is 93.5 Å². The number of hydrogen-bond acceptors (Lipinski definition) is 7. The number of alkyl carbamates (subject to hydrolysis) is 1. The van der Waals surface area contributed by atoms with Gasteiger partial charge in [-0.05, 0) is 77.8 Å². The van der Waals surface area contributed by atoms with Gasteiger partial charge in [-0.3, -0.25) is 0 Å². The van der Waals surface area contributed by atoms with Crippen LogP contribution in [0.4, 0.5) is 18.0 Å². The third kappa shape index (κ3) is 13.3. The quantitative estimate of drug-likeness (QED) is 0.212. The predicted octanol–water partition coefficient (Wildman–Crippen LogP) is 6.90. The number of halogens is 3. The van der Waals surface area contributed by atoms with E-state index in [1.54, 1.807) is 53.7 Å². The zero-order valence-corrected chi connectivity index (χ0v) is 26.0. The third-order valence-corrected chi connectivity index (χ3v) is 7.52. The summed E-state index contributed by atoms with van der Waals surface area (Å²) in [5, 5.41) is 2.32. The molecule has 1 N–H and O–H groups in total. The summed E-state index contributed by atoms with van der Waals surface area (Å²) < 4.78 is 80.7. The van der Waals surface area contributed by atoms with Crippen molar-refractivity contribution in [3.05, 3.63) is 60.2 Å². The molecule has 0 radical (unpaired) electrons. The number of sulfonamides is 1. The van der Waals surface area contributed by atoms with E-state index in [0.717, 1.165) is 16.0 Å². The highest BCUT2D eigenvalue weighted by molar-refractivity contribution is 7.99. The predicted molar refractivity (Wildman–Crippen MR) is 156 cm³/mol. The van der Waals surface area contributed by atoms with Crippen molar-refractivity contribution in [1.82, 2.24) is 5.32 Å². The van der Waals surface area contributed by atoms with Gasteiger partial charge in [0, 0.05) is 22.4 Å². The second kappa shape index (κ2) is 14.4. The van der Waals surface area contributed by atoms with Gasteiger partial charge in [0.15, 0.2) is 0 Å². The summed E-state index contributed by atoms with van der Waals surface area (Å²) in [6, 6.07) is 13.8. The van der Waals surface area contributed by atoms with E-state index in [-0.39, 0.29) is 5.56 Å². The first kappa shape index (κ1) is 35.1. The lowest BCUT2D eigenvalue weighted by Crippen LogP contribution is -2.46. The Hall–Kier alpha value is -3.06. The molecule has 0 aliphatic carbocycles. The lowest BCUT2D eigenvalue weighted by Gasteiger charge is -2.25. The molecule has 2 aromatic rings. The van der Waals surface area contributed by atoms with Gasteiger partial charge >= 0.3 is 18.2 Å². The molecule has 0 fully saturated rings. The fourth-order valence-electron chi connectivity index (χ4n) is 3.53. The van der Waals surface area contributed by atoms with Gasteiger partial charge in [-0.1, -0.05) is 42.1 Å².